The van der Waals surface area contributed by atoms with E-state index >= 15 is 0 Å². The van der Waals surface area contributed by atoms with Crippen molar-refractivity contribution in [2.75, 3.05) is 23.7 Å². The SMILES string of the molecule is CCCNC(=O)[C@@H](CC)N(Cc1ccc(Cl)cc1Cl)C(=O)CN(c1ccc(Oc2ccccc2)cc1)S(C)(=O)=O. The Hall–Kier alpha value is -3.27. The van der Waals surface area contributed by atoms with Gasteiger partial charge in [-0.25, -0.2) is 8.42 Å². The molecule has 0 saturated carbocycles. The molecule has 40 heavy (non-hydrogen) atoms. The highest BCUT2D eigenvalue weighted by Gasteiger charge is 2.32. The van der Waals surface area contributed by atoms with Crippen LogP contribution in [0.5, 0.6) is 11.5 Å². The van der Waals surface area contributed by atoms with Gasteiger partial charge in [-0.05, 0) is 66.9 Å². The molecule has 2 amide bonds. The number of anilines is 1. The minimum Gasteiger partial charge on any atom is -0.457 e. The summed E-state index contributed by atoms with van der Waals surface area (Å²) in [6.45, 7) is 3.65. The quantitative estimate of drug-likeness (QED) is 0.262. The van der Waals surface area contributed by atoms with E-state index < -0.39 is 28.5 Å². The lowest BCUT2D eigenvalue weighted by molar-refractivity contribution is -0.140. The third-order valence-corrected chi connectivity index (χ3v) is 7.80. The lowest BCUT2D eigenvalue weighted by atomic mass is 10.1. The van der Waals surface area contributed by atoms with Gasteiger partial charge in [0.1, 0.15) is 24.1 Å². The highest BCUT2D eigenvalue weighted by Crippen LogP contribution is 2.27. The van der Waals surface area contributed by atoms with E-state index in [0.29, 0.717) is 40.1 Å². The number of ether oxygens (including phenoxy) is 1. The Morgan fingerprint density at radius 1 is 0.950 bits per heavy atom. The number of nitrogens with one attached hydrogen (secondary N) is 1. The predicted molar refractivity (Wildman–Crippen MR) is 160 cm³/mol. The van der Waals surface area contributed by atoms with Gasteiger partial charge >= 0.3 is 0 Å². The Morgan fingerprint density at radius 3 is 2.17 bits per heavy atom. The molecule has 1 atom stereocenters. The second-order valence-corrected chi connectivity index (χ2v) is 11.9. The first-order valence-electron chi connectivity index (χ1n) is 12.8. The molecule has 3 aromatic rings. The van der Waals surface area contributed by atoms with E-state index in [1.54, 1.807) is 61.5 Å². The number of hydrogen-bond donors (Lipinski definition) is 1. The smallest absolute Gasteiger partial charge is 0.244 e. The fourth-order valence-electron chi connectivity index (χ4n) is 4.04. The molecule has 0 aliphatic rings. The third-order valence-electron chi connectivity index (χ3n) is 6.07. The first-order chi connectivity index (χ1) is 19.0. The van der Waals surface area contributed by atoms with Crippen LogP contribution in [-0.4, -0.2) is 50.5 Å². The molecule has 0 aliphatic carbocycles. The van der Waals surface area contributed by atoms with Crippen molar-refractivity contribution in [2.45, 2.75) is 39.3 Å². The van der Waals surface area contributed by atoms with Crippen LogP contribution >= 0.6 is 23.2 Å². The van der Waals surface area contributed by atoms with Crippen molar-refractivity contribution in [1.82, 2.24) is 10.2 Å². The van der Waals surface area contributed by atoms with Crippen LogP contribution in [-0.2, 0) is 26.2 Å². The Balaban J connectivity index is 1.91. The van der Waals surface area contributed by atoms with Crippen LogP contribution in [0.25, 0.3) is 0 Å². The van der Waals surface area contributed by atoms with Gasteiger partial charge < -0.3 is 15.0 Å². The summed E-state index contributed by atoms with van der Waals surface area (Å²) in [5, 5.41) is 3.61. The standard InChI is InChI=1S/C29H33Cl2N3O5S/c1-4-17-32-29(36)27(5-2)33(19-21-11-12-22(30)18-26(21)31)28(35)20-34(40(3,37)38)23-13-15-25(16-14-23)39-24-9-7-6-8-10-24/h6-16,18,27H,4-5,17,19-20H2,1-3H3,(H,32,36)/t27-/m1/s1. The summed E-state index contributed by atoms with van der Waals surface area (Å²) in [4.78, 5) is 28.2. The summed E-state index contributed by atoms with van der Waals surface area (Å²) in [5.41, 5.74) is 0.860. The van der Waals surface area contributed by atoms with Crippen molar-refractivity contribution in [3.63, 3.8) is 0 Å². The van der Waals surface area contributed by atoms with Crippen LogP contribution < -0.4 is 14.4 Å². The molecule has 0 radical (unpaired) electrons. The van der Waals surface area contributed by atoms with Crippen molar-refractivity contribution < 1.29 is 22.7 Å². The molecule has 0 aromatic heterocycles. The van der Waals surface area contributed by atoms with Crippen molar-refractivity contribution in [1.29, 1.82) is 0 Å². The topological polar surface area (TPSA) is 96.0 Å². The highest BCUT2D eigenvalue weighted by atomic mass is 35.5. The number of para-hydroxylation sites is 1. The molecule has 11 heteroatoms. The molecule has 0 aliphatic heterocycles. The fraction of sp³-hybridized carbons (Fsp3) is 0.310. The summed E-state index contributed by atoms with van der Waals surface area (Å²) in [6, 6.07) is 19.6. The number of halogens is 2. The maximum atomic E-state index is 13.8. The van der Waals surface area contributed by atoms with Crippen molar-refractivity contribution in [2.24, 2.45) is 0 Å². The number of hydrogen-bond acceptors (Lipinski definition) is 5. The summed E-state index contributed by atoms with van der Waals surface area (Å²) in [5.74, 6) is 0.261. The lowest BCUT2D eigenvalue weighted by Gasteiger charge is -2.33. The molecule has 0 fully saturated rings. The molecule has 1 N–H and O–H groups in total. The zero-order valence-corrected chi connectivity index (χ0v) is 25.0. The summed E-state index contributed by atoms with van der Waals surface area (Å²) >= 11 is 12.4. The zero-order chi connectivity index (χ0) is 29.3. The van der Waals surface area contributed by atoms with E-state index in [-0.39, 0.29) is 18.1 Å². The normalized spacial score (nSPS) is 11.9. The third kappa shape index (κ3) is 8.61. The molecule has 0 saturated heterocycles. The van der Waals surface area contributed by atoms with Gasteiger partial charge in [-0.1, -0.05) is 61.3 Å². The first-order valence-corrected chi connectivity index (χ1v) is 15.5. The monoisotopic (exact) mass is 605 g/mol. The maximum absolute atomic E-state index is 13.8. The molecule has 3 aromatic carbocycles. The molecule has 0 heterocycles. The van der Waals surface area contributed by atoms with E-state index in [4.69, 9.17) is 27.9 Å². The number of benzene rings is 3. The Labute approximate surface area is 245 Å². The fourth-order valence-corrected chi connectivity index (χ4v) is 5.36. The summed E-state index contributed by atoms with van der Waals surface area (Å²) < 4.78 is 32.5. The van der Waals surface area contributed by atoms with Crippen LogP contribution in [0, 0.1) is 0 Å². The summed E-state index contributed by atoms with van der Waals surface area (Å²) in [7, 11) is -3.87. The van der Waals surface area contributed by atoms with Crippen molar-refractivity contribution >= 4 is 50.7 Å². The molecule has 3 rings (SSSR count). The number of carbonyl (C=O) groups excluding carboxylic acids is 2. The molecular formula is C29H33Cl2N3O5S. The largest absolute Gasteiger partial charge is 0.457 e. The Bertz CT molecular complexity index is 1400. The van der Waals surface area contributed by atoms with Crippen LogP contribution in [0.4, 0.5) is 5.69 Å². The van der Waals surface area contributed by atoms with Crippen LogP contribution in [0.2, 0.25) is 10.0 Å². The highest BCUT2D eigenvalue weighted by molar-refractivity contribution is 7.92. The van der Waals surface area contributed by atoms with Crippen molar-refractivity contribution in [3.05, 3.63) is 88.4 Å². The second kappa shape index (κ2) is 14.4. The van der Waals surface area contributed by atoms with E-state index in [9.17, 15) is 18.0 Å². The number of carbonyl (C=O) groups is 2. The van der Waals surface area contributed by atoms with E-state index in [2.05, 4.69) is 5.32 Å². The van der Waals surface area contributed by atoms with Gasteiger partial charge in [-0.2, -0.15) is 0 Å². The lowest BCUT2D eigenvalue weighted by Crippen LogP contribution is -2.52. The van der Waals surface area contributed by atoms with E-state index in [1.165, 1.54) is 4.90 Å². The van der Waals surface area contributed by atoms with Crippen LogP contribution in [0.15, 0.2) is 72.8 Å². The number of rotatable bonds is 13. The van der Waals surface area contributed by atoms with Gasteiger partial charge in [0.15, 0.2) is 0 Å². The maximum Gasteiger partial charge on any atom is 0.244 e. The molecular weight excluding hydrogens is 573 g/mol. The van der Waals surface area contributed by atoms with Crippen molar-refractivity contribution in [3.8, 4) is 11.5 Å². The second-order valence-electron chi connectivity index (χ2n) is 9.15. The predicted octanol–water partition coefficient (Wildman–Crippen LogP) is 5.89. The van der Waals surface area contributed by atoms with Crippen LogP contribution in [0.1, 0.15) is 32.3 Å². The van der Waals surface area contributed by atoms with Gasteiger partial charge in [0, 0.05) is 23.1 Å². The molecule has 0 bridgehead atoms. The van der Waals surface area contributed by atoms with Gasteiger partial charge in [-0.3, -0.25) is 13.9 Å². The first kappa shape index (κ1) is 31.3. The Kier molecular flexibility index (Phi) is 11.2. The molecule has 0 spiro atoms. The molecule has 214 valence electrons. The number of sulfonamides is 1. The minimum absolute atomic E-state index is 0.00561. The van der Waals surface area contributed by atoms with Crippen LogP contribution in [0.3, 0.4) is 0 Å². The number of amides is 2. The average molecular weight is 607 g/mol. The number of nitrogens with zero attached hydrogens (tertiary/aromatic N) is 2. The molecule has 8 nitrogen and oxygen atoms in total. The van der Waals surface area contributed by atoms with Gasteiger partial charge in [0.25, 0.3) is 0 Å². The zero-order valence-electron chi connectivity index (χ0n) is 22.6. The van der Waals surface area contributed by atoms with Gasteiger partial charge in [-0.15, -0.1) is 0 Å². The summed E-state index contributed by atoms with van der Waals surface area (Å²) in [6.07, 6.45) is 2.07. The Morgan fingerprint density at radius 2 is 1.60 bits per heavy atom. The van der Waals surface area contributed by atoms with Gasteiger partial charge in [0.05, 0.1) is 11.9 Å². The van der Waals surface area contributed by atoms with E-state index in [0.717, 1.165) is 17.0 Å². The van der Waals surface area contributed by atoms with E-state index in [1.807, 2.05) is 25.1 Å². The molecule has 0 unspecified atom stereocenters. The minimum atomic E-state index is -3.87. The average Bonchev–Trinajstić information content (AvgIpc) is 2.92. The van der Waals surface area contributed by atoms with Gasteiger partial charge in [0.2, 0.25) is 21.8 Å².